The standard InChI is InChI=1S/C61H37N5/c1-5-21-40(22-6-1)63(41-23-7-2-8-24-41)51-33-17-31-46-55-45-30-16-14-20-39(45)36-50-56-53(65(57(46)51)60(50)55)37-49-48-35-38-19-13-15-29-44(38)54-47-32-18-34-52(58(47)66(59(48)54)61(49)62-56)64(42-25-9-3-10-26-42)43-27-11-4-12-28-43/h1-37H. The topological polar surface area (TPSA) is 28.2 Å². The molecule has 15 aromatic rings. The second-order valence-electron chi connectivity index (χ2n) is 17.5. The van der Waals surface area contributed by atoms with Crippen molar-refractivity contribution in [2.24, 2.45) is 0 Å². The maximum Gasteiger partial charge on any atom is 0.146 e. The van der Waals surface area contributed by atoms with Gasteiger partial charge in [-0.05, 0) is 100 Å². The van der Waals surface area contributed by atoms with E-state index >= 15 is 0 Å². The van der Waals surface area contributed by atoms with Crippen molar-refractivity contribution >= 4 is 132 Å². The molecule has 0 aliphatic rings. The van der Waals surface area contributed by atoms with Gasteiger partial charge in [0.2, 0.25) is 0 Å². The normalized spacial score (nSPS) is 12.2. The molecule has 0 bridgehead atoms. The molecular formula is C61H37N5. The van der Waals surface area contributed by atoms with E-state index in [4.69, 9.17) is 4.98 Å². The lowest BCUT2D eigenvalue weighted by Gasteiger charge is -2.26. The number of nitrogens with zero attached hydrogens (tertiary/aromatic N) is 5. The summed E-state index contributed by atoms with van der Waals surface area (Å²) in [4.78, 5) is 10.8. The Labute approximate surface area is 378 Å². The summed E-state index contributed by atoms with van der Waals surface area (Å²) in [6.07, 6.45) is 0. The van der Waals surface area contributed by atoms with Gasteiger partial charge in [0.15, 0.2) is 0 Å². The molecule has 5 nitrogen and oxygen atoms in total. The zero-order valence-electron chi connectivity index (χ0n) is 35.6. The molecule has 66 heavy (non-hydrogen) atoms. The fraction of sp³-hybridized carbons (Fsp3) is 0. The van der Waals surface area contributed by atoms with Crippen LogP contribution in [0.15, 0.2) is 224 Å². The minimum absolute atomic E-state index is 0.958. The maximum atomic E-state index is 5.96. The Morgan fingerprint density at radius 3 is 1.21 bits per heavy atom. The fourth-order valence-electron chi connectivity index (χ4n) is 11.4. The molecule has 0 atom stereocenters. The number of hydrogen-bond donors (Lipinski definition) is 0. The van der Waals surface area contributed by atoms with E-state index in [1.165, 1.54) is 59.5 Å². The van der Waals surface area contributed by atoms with Crippen molar-refractivity contribution in [3.63, 3.8) is 0 Å². The average molecular weight is 840 g/mol. The number of benzene rings is 10. The van der Waals surface area contributed by atoms with Gasteiger partial charge in [0.1, 0.15) is 5.65 Å². The van der Waals surface area contributed by atoms with E-state index in [-0.39, 0.29) is 0 Å². The van der Waals surface area contributed by atoms with Gasteiger partial charge in [-0.15, -0.1) is 0 Å². The highest BCUT2D eigenvalue weighted by Gasteiger charge is 2.29. The summed E-state index contributed by atoms with van der Waals surface area (Å²) in [5, 5.41) is 13.3. The first-order chi connectivity index (χ1) is 32.8. The largest absolute Gasteiger partial charge is 0.308 e. The Balaban J connectivity index is 1.14. The van der Waals surface area contributed by atoms with Crippen LogP contribution in [0, 0.1) is 0 Å². The van der Waals surface area contributed by atoms with Crippen molar-refractivity contribution in [1.29, 1.82) is 0 Å². The average Bonchev–Trinajstić information content (AvgIpc) is 4.11. The van der Waals surface area contributed by atoms with Gasteiger partial charge in [0.05, 0.1) is 44.5 Å². The molecule has 0 saturated heterocycles. The lowest BCUT2D eigenvalue weighted by molar-refractivity contribution is 1.25. The zero-order chi connectivity index (χ0) is 43.0. The molecule has 10 aromatic carbocycles. The molecule has 0 radical (unpaired) electrons. The van der Waals surface area contributed by atoms with Crippen LogP contribution in [0.5, 0.6) is 0 Å². The second kappa shape index (κ2) is 13.3. The molecule has 5 heterocycles. The van der Waals surface area contributed by atoms with E-state index < -0.39 is 0 Å². The highest BCUT2D eigenvalue weighted by Crippen LogP contribution is 2.51. The van der Waals surface area contributed by atoms with E-state index in [1.54, 1.807) is 0 Å². The third kappa shape index (κ3) is 4.70. The van der Waals surface area contributed by atoms with Gasteiger partial charge >= 0.3 is 0 Å². The SMILES string of the molecule is c1ccc(N(c2ccccc2)c2cccc3c4c5ccccc5cc5c6nc7c(cc6n(c23)c54)c2cc3ccccc3c3c4cccc(N(c5ccccc5)c5ccccc5)c4n7c23)cc1. The Morgan fingerprint density at radius 2 is 0.712 bits per heavy atom. The van der Waals surface area contributed by atoms with E-state index in [2.05, 4.69) is 243 Å². The summed E-state index contributed by atoms with van der Waals surface area (Å²) in [5.74, 6) is 0. The second-order valence-corrected chi connectivity index (χ2v) is 17.5. The van der Waals surface area contributed by atoms with Crippen molar-refractivity contribution in [2.45, 2.75) is 0 Å². The predicted molar refractivity (Wildman–Crippen MR) is 278 cm³/mol. The first-order valence-corrected chi connectivity index (χ1v) is 22.6. The molecule has 5 aromatic heterocycles. The lowest BCUT2D eigenvalue weighted by Crippen LogP contribution is -2.10. The molecular weight excluding hydrogens is 803 g/mol. The van der Waals surface area contributed by atoms with Gasteiger partial charge in [0, 0.05) is 60.5 Å². The first-order valence-electron chi connectivity index (χ1n) is 22.6. The Hall–Kier alpha value is -8.93. The molecule has 0 spiro atoms. The quantitative estimate of drug-likeness (QED) is 0.167. The summed E-state index contributed by atoms with van der Waals surface area (Å²) in [5.41, 5.74) is 14.4. The number of aromatic nitrogens is 3. The van der Waals surface area contributed by atoms with Crippen molar-refractivity contribution in [2.75, 3.05) is 9.80 Å². The van der Waals surface area contributed by atoms with Gasteiger partial charge in [-0.3, -0.25) is 4.40 Å². The molecule has 0 aliphatic heterocycles. The molecule has 0 unspecified atom stereocenters. The smallest absolute Gasteiger partial charge is 0.146 e. The van der Waals surface area contributed by atoms with Gasteiger partial charge < -0.3 is 14.2 Å². The van der Waals surface area contributed by atoms with E-state index in [0.29, 0.717) is 0 Å². The minimum atomic E-state index is 0.958. The number of anilines is 6. The number of hydrogen-bond acceptors (Lipinski definition) is 3. The maximum absolute atomic E-state index is 5.96. The number of rotatable bonds is 6. The van der Waals surface area contributed by atoms with Crippen LogP contribution in [-0.4, -0.2) is 13.8 Å². The van der Waals surface area contributed by atoms with E-state index in [1.807, 2.05) is 0 Å². The minimum Gasteiger partial charge on any atom is -0.308 e. The number of pyridine rings is 1. The zero-order valence-corrected chi connectivity index (χ0v) is 35.6. The molecule has 0 N–H and O–H groups in total. The van der Waals surface area contributed by atoms with Crippen LogP contribution >= 0.6 is 0 Å². The summed E-state index contributed by atoms with van der Waals surface area (Å²) in [7, 11) is 0. The molecule has 0 fully saturated rings. The van der Waals surface area contributed by atoms with E-state index in [0.717, 1.165) is 72.6 Å². The Kier molecular flexibility index (Phi) is 7.16. The van der Waals surface area contributed by atoms with Crippen LogP contribution in [0.1, 0.15) is 0 Å². The Bertz CT molecular complexity index is 4020. The van der Waals surface area contributed by atoms with Gasteiger partial charge in [-0.2, -0.15) is 0 Å². The van der Waals surface area contributed by atoms with Crippen molar-refractivity contribution in [1.82, 2.24) is 13.8 Å². The first kappa shape index (κ1) is 35.5. The van der Waals surface area contributed by atoms with Gasteiger partial charge in [-0.1, -0.05) is 146 Å². The summed E-state index contributed by atoms with van der Waals surface area (Å²) in [6.45, 7) is 0. The third-order valence-corrected chi connectivity index (χ3v) is 14.0. The van der Waals surface area contributed by atoms with E-state index in [9.17, 15) is 0 Å². The summed E-state index contributed by atoms with van der Waals surface area (Å²) >= 11 is 0. The van der Waals surface area contributed by atoms with Gasteiger partial charge in [0.25, 0.3) is 0 Å². The monoisotopic (exact) mass is 839 g/mol. The number of para-hydroxylation sites is 6. The van der Waals surface area contributed by atoms with Crippen LogP contribution in [0.3, 0.4) is 0 Å². The highest BCUT2D eigenvalue weighted by atomic mass is 15.2. The molecule has 15 rings (SSSR count). The number of fused-ring (bicyclic) bond motifs is 16. The van der Waals surface area contributed by atoms with Crippen LogP contribution in [0.25, 0.3) is 98.0 Å². The van der Waals surface area contributed by atoms with Crippen molar-refractivity contribution in [3.05, 3.63) is 224 Å². The Morgan fingerprint density at radius 1 is 0.303 bits per heavy atom. The fourth-order valence-corrected chi connectivity index (χ4v) is 11.4. The molecule has 306 valence electrons. The summed E-state index contributed by atoms with van der Waals surface area (Å²) < 4.78 is 5.02. The van der Waals surface area contributed by atoms with Crippen LogP contribution < -0.4 is 9.80 Å². The van der Waals surface area contributed by atoms with Crippen LogP contribution in [0.4, 0.5) is 34.1 Å². The molecule has 0 aliphatic carbocycles. The molecule has 0 amide bonds. The highest BCUT2D eigenvalue weighted by molar-refractivity contribution is 6.35. The summed E-state index contributed by atoms with van der Waals surface area (Å²) in [6, 6.07) is 81.5. The van der Waals surface area contributed by atoms with Crippen LogP contribution in [-0.2, 0) is 0 Å². The van der Waals surface area contributed by atoms with Crippen LogP contribution in [0.2, 0.25) is 0 Å². The predicted octanol–water partition coefficient (Wildman–Crippen LogP) is 16.6. The lowest BCUT2D eigenvalue weighted by atomic mass is 9.99. The molecule has 5 heteroatoms. The van der Waals surface area contributed by atoms with Crippen molar-refractivity contribution < 1.29 is 0 Å². The van der Waals surface area contributed by atoms with Gasteiger partial charge in [-0.25, -0.2) is 4.98 Å². The molecule has 0 saturated carbocycles. The van der Waals surface area contributed by atoms with Crippen molar-refractivity contribution in [3.8, 4) is 0 Å². The third-order valence-electron chi connectivity index (χ3n) is 14.0.